The van der Waals surface area contributed by atoms with E-state index >= 15 is 0 Å². The van der Waals surface area contributed by atoms with E-state index in [-0.39, 0.29) is 5.75 Å². The topological polar surface area (TPSA) is 77.1 Å². The highest BCUT2D eigenvalue weighted by molar-refractivity contribution is 7.92. The molecule has 0 bridgehead atoms. The molecule has 7 heteroatoms. The van der Waals surface area contributed by atoms with Crippen molar-refractivity contribution in [3.63, 3.8) is 0 Å². The molecule has 3 aromatic rings. The van der Waals surface area contributed by atoms with Crippen molar-refractivity contribution in [3.05, 3.63) is 47.5 Å². The molecule has 0 saturated carbocycles. The summed E-state index contributed by atoms with van der Waals surface area (Å²) in [6.07, 6.45) is 0.573. The van der Waals surface area contributed by atoms with E-state index in [4.69, 9.17) is 17.3 Å². The van der Waals surface area contributed by atoms with Crippen LogP contribution in [0.15, 0.2) is 42.5 Å². The van der Waals surface area contributed by atoms with Crippen molar-refractivity contribution >= 4 is 43.9 Å². The van der Waals surface area contributed by atoms with Gasteiger partial charge in [-0.1, -0.05) is 30.7 Å². The molecule has 1 heterocycles. The second-order valence-electron chi connectivity index (χ2n) is 6.17. The van der Waals surface area contributed by atoms with Gasteiger partial charge in [0.25, 0.3) is 0 Å². The summed E-state index contributed by atoms with van der Waals surface area (Å²) in [4.78, 5) is 0. The molecular formula is C19H22ClN3O2S. The van der Waals surface area contributed by atoms with Gasteiger partial charge in [0.05, 0.1) is 22.7 Å². The normalized spacial score (nSPS) is 11.8. The van der Waals surface area contributed by atoms with Crippen molar-refractivity contribution in [2.24, 2.45) is 0 Å². The van der Waals surface area contributed by atoms with Crippen LogP contribution in [0.2, 0.25) is 5.02 Å². The number of halogens is 1. The van der Waals surface area contributed by atoms with Gasteiger partial charge in [-0.2, -0.15) is 0 Å². The van der Waals surface area contributed by atoms with Crippen LogP contribution in [-0.2, 0) is 16.6 Å². The quantitative estimate of drug-likeness (QED) is 0.638. The molecule has 0 saturated heterocycles. The Morgan fingerprint density at radius 2 is 1.81 bits per heavy atom. The minimum atomic E-state index is -3.30. The lowest BCUT2D eigenvalue weighted by Crippen LogP contribution is -2.15. The van der Waals surface area contributed by atoms with Crippen LogP contribution in [0, 0.1) is 0 Å². The van der Waals surface area contributed by atoms with Gasteiger partial charge in [-0.3, -0.25) is 4.72 Å². The summed E-state index contributed by atoms with van der Waals surface area (Å²) < 4.78 is 28.6. The average molecular weight is 392 g/mol. The van der Waals surface area contributed by atoms with Crippen molar-refractivity contribution in [3.8, 4) is 11.3 Å². The number of nitrogen functional groups attached to an aromatic ring is 1. The predicted octanol–water partition coefficient (Wildman–Crippen LogP) is 4.72. The Morgan fingerprint density at radius 3 is 2.42 bits per heavy atom. The highest BCUT2D eigenvalue weighted by Gasteiger charge is 2.16. The molecule has 5 nitrogen and oxygen atoms in total. The molecular weight excluding hydrogens is 370 g/mol. The zero-order chi connectivity index (χ0) is 18.9. The first-order valence-electron chi connectivity index (χ1n) is 8.54. The number of hydrogen-bond acceptors (Lipinski definition) is 3. The Morgan fingerprint density at radius 1 is 1.12 bits per heavy atom. The van der Waals surface area contributed by atoms with Gasteiger partial charge in [0.1, 0.15) is 0 Å². The smallest absolute Gasteiger partial charge is 0.232 e. The molecule has 3 N–H and O–H groups in total. The number of hydrogen-bond donors (Lipinski definition) is 2. The molecule has 0 radical (unpaired) electrons. The Hall–Kier alpha value is -2.18. The average Bonchev–Trinajstić information content (AvgIpc) is 2.87. The Balaban J connectivity index is 2.03. The van der Waals surface area contributed by atoms with Crippen LogP contribution in [-0.4, -0.2) is 18.7 Å². The molecule has 0 aliphatic rings. The van der Waals surface area contributed by atoms with Crippen LogP contribution in [0.3, 0.4) is 0 Å². The lowest BCUT2D eigenvalue weighted by atomic mass is 10.1. The summed E-state index contributed by atoms with van der Waals surface area (Å²) in [5, 5.41) is 1.56. The van der Waals surface area contributed by atoms with Crippen LogP contribution in [0.25, 0.3) is 22.2 Å². The fourth-order valence-corrected chi connectivity index (χ4v) is 4.49. The lowest BCUT2D eigenvalue weighted by molar-refractivity contribution is 0.600. The molecule has 0 aliphatic heterocycles. The third kappa shape index (κ3) is 3.52. The van der Waals surface area contributed by atoms with E-state index in [1.165, 1.54) is 0 Å². The number of nitrogens with one attached hydrogen (secondary N) is 1. The maximum absolute atomic E-state index is 11.9. The third-order valence-electron chi connectivity index (χ3n) is 4.29. The molecule has 0 spiro atoms. The first-order valence-corrected chi connectivity index (χ1v) is 10.6. The monoisotopic (exact) mass is 391 g/mol. The van der Waals surface area contributed by atoms with E-state index in [0.717, 1.165) is 28.7 Å². The number of nitrogens with zero attached hydrogens (tertiary/aromatic N) is 1. The van der Waals surface area contributed by atoms with E-state index in [0.29, 0.717) is 22.8 Å². The van der Waals surface area contributed by atoms with Gasteiger partial charge in [0, 0.05) is 28.2 Å². The summed E-state index contributed by atoms with van der Waals surface area (Å²) in [6.45, 7) is 4.65. The number of rotatable bonds is 6. The zero-order valence-electron chi connectivity index (χ0n) is 14.8. The first kappa shape index (κ1) is 18.6. The second kappa shape index (κ2) is 7.21. The highest BCUT2D eigenvalue weighted by Crippen LogP contribution is 2.37. The molecule has 0 unspecified atom stereocenters. The number of benzene rings is 2. The second-order valence-corrected chi connectivity index (χ2v) is 8.44. The number of aromatic nitrogens is 1. The maximum atomic E-state index is 11.9. The fourth-order valence-electron chi connectivity index (χ4n) is 3.19. The van der Waals surface area contributed by atoms with Gasteiger partial charge in [0.2, 0.25) is 10.0 Å². The van der Waals surface area contributed by atoms with Crippen molar-refractivity contribution in [2.75, 3.05) is 16.2 Å². The summed E-state index contributed by atoms with van der Waals surface area (Å²) in [5.74, 6) is 0.104. The van der Waals surface area contributed by atoms with E-state index in [2.05, 4.69) is 16.2 Å². The van der Waals surface area contributed by atoms with Gasteiger partial charge in [-0.15, -0.1) is 0 Å². The molecule has 0 atom stereocenters. The number of sulfonamides is 1. The van der Waals surface area contributed by atoms with E-state index < -0.39 is 10.0 Å². The molecule has 0 aliphatic carbocycles. The van der Waals surface area contributed by atoms with Crippen LogP contribution in [0.5, 0.6) is 0 Å². The largest absolute Gasteiger partial charge is 0.396 e. The summed E-state index contributed by atoms with van der Waals surface area (Å²) >= 11 is 6.12. The van der Waals surface area contributed by atoms with Crippen LogP contribution >= 0.6 is 11.6 Å². The van der Waals surface area contributed by atoms with Crippen molar-refractivity contribution in [2.45, 2.75) is 26.8 Å². The maximum Gasteiger partial charge on any atom is 0.232 e. The minimum Gasteiger partial charge on any atom is -0.396 e. The molecule has 1 aromatic heterocycles. The van der Waals surface area contributed by atoms with E-state index in [1.54, 1.807) is 12.1 Å². The molecule has 138 valence electrons. The summed E-state index contributed by atoms with van der Waals surface area (Å²) in [7, 11) is -3.30. The van der Waals surface area contributed by atoms with Crippen LogP contribution in [0.1, 0.15) is 20.3 Å². The summed E-state index contributed by atoms with van der Waals surface area (Å²) in [6, 6.07) is 13.0. The van der Waals surface area contributed by atoms with Gasteiger partial charge >= 0.3 is 0 Å². The Labute approximate surface area is 158 Å². The van der Waals surface area contributed by atoms with Crippen LogP contribution in [0.4, 0.5) is 11.4 Å². The van der Waals surface area contributed by atoms with Crippen molar-refractivity contribution in [1.29, 1.82) is 0 Å². The highest BCUT2D eigenvalue weighted by atomic mass is 35.5. The molecule has 3 rings (SSSR count). The van der Waals surface area contributed by atoms with Gasteiger partial charge in [-0.05, 0) is 43.7 Å². The lowest BCUT2D eigenvalue weighted by Gasteiger charge is -2.11. The van der Waals surface area contributed by atoms with Crippen molar-refractivity contribution in [1.82, 2.24) is 4.57 Å². The van der Waals surface area contributed by atoms with E-state index in [1.807, 2.05) is 37.3 Å². The Bertz CT molecular complexity index is 1040. The van der Waals surface area contributed by atoms with Gasteiger partial charge < -0.3 is 10.3 Å². The number of anilines is 2. The number of fused-ring (bicyclic) bond motifs is 1. The number of aryl methyl sites for hydroxylation is 1. The van der Waals surface area contributed by atoms with Gasteiger partial charge in [-0.25, -0.2) is 8.42 Å². The molecule has 26 heavy (non-hydrogen) atoms. The first-order chi connectivity index (χ1) is 12.4. The molecule has 0 fully saturated rings. The van der Waals surface area contributed by atoms with Crippen molar-refractivity contribution < 1.29 is 8.42 Å². The fraction of sp³-hybridized carbons (Fsp3) is 0.263. The molecule has 0 amide bonds. The zero-order valence-corrected chi connectivity index (χ0v) is 16.4. The third-order valence-corrected chi connectivity index (χ3v) is 6.01. The predicted molar refractivity (Wildman–Crippen MR) is 110 cm³/mol. The molecule has 2 aromatic carbocycles. The summed E-state index contributed by atoms with van der Waals surface area (Å²) in [5.41, 5.74) is 10.5. The standard InChI is InChI=1S/C19H22ClN3O2S/c1-3-11-26(24,25)22-15-8-5-13(6-9-15)19-18(21)16-12-14(20)7-10-17(16)23(19)4-2/h5-10,12,22H,3-4,11,21H2,1-2H3. The van der Waals surface area contributed by atoms with Gasteiger partial charge in [0.15, 0.2) is 0 Å². The number of nitrogens with two attached hydrogens (primary N) is 1. The Kier molecular flexibility index (Phi) is 5.16. The van der Waals surface area contributed by atoms with E-state index in [9.17, 15) is 8.42 Å². The minimum absolute atomic E-state index is 0.104. The SMILES string of the molecule is CCCS(=O)(=O)Nc1ccc(-c2c(N)c3cc(Cl)ccc3n2CC)cc1. The van der Waals surface area contributed by atoms with Crippen LogP contribution < -0.4 is 10.5 Å².